The van der Waals surface area contributed by atoms with Crippen molar-refractivity contribution in [2.45, 2.75) is 11.3 Å². The van der Waals surface area contributed by atoms with Gasteiger partial charge in [-0.25, -0.2) is 4.79 Å². The molecule has 1 aliphatic heterocycles. The lowest BCUT2D eigenvalue weighted by Gasteiger charge is -1.95. The highest BCUT2D eigenvalue weighted by Crippen LogP contribution is 2.23. The summed E-state index contributed by atoms with van der Waals surface area (Å²) in [4.78, 5) is 12.2. The van der Waals surface area contributed by atoms with E-state index in [1.807, 2.05) is 35.7 Å². The zero-order valence-electron chi connectivity index (χ0n) is 7.60. The Morgan fingerprint density at radius 1 is 1.29 bits per heavy atom. The molecule has 0 spiro atoms. The Bertz CT molecular complexity index is 357. The molecule has 0 N–H and O–H groups in total. The van der Waals surface area contributed by atoms with Crippen LogP contribution in [0.4, 0.5) is 0 Å². The summed E-state index contributed by atoms with van der Waals surface area (Å²) in [6.07, 6.45) is 0.735. The molecule has 1 aromatic carbocycles. The second-order valence-electron chi connectivity index (χ2n) is 2.96. The molecule has 14 heavy (non-hydrogen) atoms. The number of carbonyl (C=O) groups excluding carboxylic acids is 1. The van der Waals surface area contributed by atoms with E-state index >= 15 is 0 Å². The van der Waals surface area contributed by atoms with Crippen LogP contribution in [0.1, 0.15) is 6.42 Å². The van der Waals surface area contributed by atoms with Gasteiger partial charge in [-0.15, -0.1) is 0 Å². The highest BCUT2D eigenvalue weighted by molar-refractivity contribution is 8.02. The third-order valence-electron chi connectivity index (χ3n) is 1.95. The van der Waals surface area contributed by atoms with Gasteiger partial charge in [0.2, 0.25) is 0 Å². The van der Waals surface area contributed by atoms with E-state index < -0.39 is 0 Å². The molecule has 2 nitrogen and oxygen atoms in total. The molecule has 0 aromatic heterocycles. The van der Waals surface area contributed by atoms with Crippen molar-refractivity contribution in [3.05, 3.63) is 41.3 Å². The quantitative estimate of drug-likeness (QED) is 0.422. The maximum Gasteiger partial charge on any atom is 0.334 e. The molecule has 0 aliphatic carbocycles. The van der Waals surface area contributed by atoms with Gasteiger partial charge in [0.05, 0.1) is 6.61 Å². The molecule has 0 amide bonds. The van der Waals surface area contributed by atoms with Crippen LogP contribution in [-0.2, 0) is 9.53 Å². The molecule has 1 aromatic rings. The average molecular weight is 206 g/mol. The third-order valence-corrected chi connectivity index (χ3v) is 2.89. The Labute approximate surface area is 87.0 Å². The fourth-order valence-electron chi connectivity index (χ4n) is 1.19. The molecular weight excluding hydrogens is 196 g/mol. The van der Waals surface area contributed by atoms with Gasteiger partial charge in [-0.05, 0) is 17.5 Å². The van der Waals surface area contributed by atoms with Gasteiger partial charge in [0, 0.05) is 16.9 Å². The number of hydrogen-bond acceptors (Lipinski definition) is 3. The fourth-order valence-corrected chi connectivity index (χ4v) is 2.00. The summed E-state index contributed by atoms with van der Waals surface area (Å²) in [6.45, 7) is 0.528. The predicted molar refractivity (Wildman–Crippen MR) is 56.0 cm³/mol. The maximum absolute atomic E-state index is 11.1. The van der Waals surface area contributed by atoms with Crippen molar-refractivity contribution in [1.29, 1.82) is 0 Å². The minimum Gasteiger partial charge on any atom is -0.462 e. The normalized spacial score (nSPS) is 18.6. The van der Waals surface area contributed by atoms with Gasteiger partial charge in [0.15, 0.2) is 0 Å². The standard InChI is InChI=1S/C11H10O2S/c12-11-9(6-7-13-11)8-14-10-4-2-1-3-5-10/h1-5,8H,6-7H2/b9-8-. The lowest BCUT2D eigenvalue weighted by atomic mass is 10.3. The molecule has 1 heterocycles. The number of rotatable bonds is 2. The van der Waals surface area contributed by atoms with Crippen LogP contribution in [0.3, 0.4) is 0 Å². The molecule has 0 radical (unpaired) electrons. The van der Waals surface area contributed by atoms with Crippen molar-refractivity contribution in [1.82, 2.24) is 0 Å². The molecule has 1 fully saturated rings. The van der Waals surface area contributed by atoms with Crippen LogP contribution in [0.2, 0.25) is 0 Å². The monoisotopic (exact) mass is 206 g/mol. The van der Waals surface area contributed by atoms with E-state index in [-0.39, 0.29) is 5.97 Å². The first kappa shape index (κ1) is 9.34. The minimum atomic E-state index is -0.173. The Morgan fingerprint density at radius 3 is 2.71 bits per heavy atom. The smallest absolute Gasteiger partial charge is 0.334 e. The van der Waals surface area contributed by atoms with E-state index in [0.29, 0.717) is 6.61 Å². The lowest BCUT2D eigenvalue weighted by Crippen LogP contribution is -1.93. The number of cyclic esters (lactones) is 1. The van der Waals surface area contributed by atoms with E-state index in [9.17, 15) is 4.79 Å². The number of carbonyl (C=O) groups is 1. The van der Waals surface area contributed by atoms with Crippen molar-refractivity contribution in [3.63, 3.8) is 0 Å². The Kier molecular flexibility index (Phi) is 2.89. The van der Waals surface area contributed by atoms with E-state index in [1.54, 1.807) is 11.8 Å². The van der Waals surface area contributed by atoms with Crippen LogP contribution < -0.4 is 0 Å². The molecule has 1 aliphatic rings. The van der Waals surface area contributed by atoms with Gasteiger partial charge in [-0.3, -0.25) is 0 Å². The van der Waals surface area contributed by atoms with Gasteiger partial charge < -0.3 is 4.74 Å². The van der Waals surface area contributed by atoms with Crippen LogP contribution >= 0.6 is 11.8 Å². The number of ether oxygens (including phenoxy) is 1. The highest BCUT2D eigenvalue weighted by Gasteiger charge is 2.17. The second-order valence-corrected chi connectivity index (χ2v) is 3.90. The highest BCUT2D eigenvalue weighted by atomic mass is 32.2. The zero-order valence-corrected chi connectivity index (χ0v) is 8.42. The van der Waals surface area contributed by atoms with Crippen molar-refractivity contribution < 1.29 is 9.53 Å². The minimum absolute atomic E-state index is 0.173. The maximum atomic E-state index is 11.1. The Hall–Kier alpha value is -1.22. The summed E-state index contributed by atoms with van der Waals surface area (Å²) in [7, 11) is 0. The first-order valence-corrected chi connectivity index (χ1v) is 5.32. The van der Waals surface area contributed by atoms with Crippen molar-refractivity contribution >= 4 is 17.7 Å². The van der Waals surface area contributed by atoms with Crippen LogP contribution in [-0.4, -0.2) is 12.6 Å². The van der Waals surface area contributed by atoms with E-state index in [4.69, 9.17) is 4.74 Å². The largest absolute Gasteiger partial charge is 0.462 e. The van der Waals surface area contributed by atoms with Crippen molar-refractivity contribution in [2.75, 3.05) is 6.61 Å². The fraction of sp³-hybridized carbons (Fsp3) is 0.182. The predicted octanol–water partition coefficient (Wildman–Crippen LogP) is 2.61. The molecule has 0 atom stereocenters. The summed E-state index contributed by atoms with van der Waals surface area (Å²) < 4.78 is 4.83. The molecule has 0 unspecified atom stereocenters. The summed E-state index contributed by atoms with van der Waals surface area (Å²) in [5.74, 6) is -0.173. The van der Waals surface area contributed by atoms with E-state index in [1.165, 1.54) is 0 Å². The number of hydrogen-bond donors (Lipinski definition) is 0. The van der Waals surface area contributed by atoms with Gasteiger partial charge in [0.1, 0.15) is 0 Å². The molecule has 1 saturated heterocycles. The SMILES string of the molecule is O=C1OCC/C1=C/Sc1ccccc1. The van der Waals surface area contributed by atoms with Gasteiger partial charge in [-0.2, -0.15) is 0 Å². The molecule has 2 rings (SSSR count). The summed E-state index contributed by atoms with van der Waals surface area (Å²) in [5, 5.41) is 1.88. The van der Waals surface area contributed by atoms with Gasteiger partial charge in [0.25, 0.3) is 0 Å². The molecule has 0 bridgehead atoms. The van der Waals surface area contributed by atoms with Crippen LogP contribution in [0, 0.1) is 0 Å². The summed E-state index contributed by atoms with van der Waals surface area (Å²) in [5.41, 5.74) is 0.777. The molecule has 3 heteroatoms. The number of thioether (sulfide) groups is 1. The first-order valence-electron chi connectivity index (χ1n) is 4.44. The molecule has 0 saturated carbocycles. The average Bonchev–Trinajstić information content (AvgIpc) is 2.63. The van der Waals surface area contributed by atoms with Crippen LogP contribution in [0.25, 0.3) is 0 Å². The number of benzene rings is 1. The first-order chi connectivity index (χ1) is 6.86. The van der Waals surface area contributed by atoms with Crippen molar-refractivity contribution in [2.24, 2.45) is 0 Å². The summed E-state index contributed by atoms with van der Waals surface area (Å²) in [6, 6.07) is 9.96. The van der Waals surface area contributed by atoms with E-state index in [0.717, 1.165) is 16.9 Å². The Balaban J connectivity index is 2.03. The molecular formula is C11H10O2S. The van der Waals surface area contributed by atoms with Crippen molar-refractivity contribution in [3.8, 4) is 0 Å². The number of esters is 1. The topological polar surface area (TPSA) is 26.3 Å². The Morgan fingerprint density at radius 2 is 2.07 bits per heavy atom. The lowest BCUT2D eigenvalue weighted by molar-refractivity contribution is -0.135. The summed E-state index contributed by atoms with van der Waals surface area (Å²) >= 11 is 1.56. The van der Waals surface area contributed by atoms with Gasteiger partial charge in [-0.1, -0.05) is 30.0 Å². The van der Waals surface area contributed by atoms with Crippen LogP contribution in [0.5, 0.6) is 0 Å². The molecule has 72 valence electrons. The third kappa shape index (κ3) is 2.17. The van der Waals surface area contributed by atoms with Crippen LogP contribution in [0.15, 0.2) is 46.2 Å². The van der Waals surface area contributed by atoms with Gasteiger partial charge >= 0.3 is 5.97 Å². The zero-order chi connectivity index (χ0) is 9.80. The second kappa shape index (κ2) is 4.33. The van der Waals surface area contributed by atoms with E-state index in [2.05, 4.69) is 0 Å².